The molecule has 7 rings (SSSR count). The first-order chi connectivity index (χ1) is 14.9. The number of aromatic nitrogens is 3. The maximum Gasteiger partial charge on any atom is 0.302 e. The molecule has 0 saturated heterocycles. The Morgan fingerprint density at radius 3 is 2.10 bits per heavy atom. The number of imidazole rings is 1. The van der Waals surface area contributed by atoms with Crippen molar-refractivity contribution in [3.63, 3.8) is 0 Å². The van der Waals surface area contributed by atoms with Crippen LogP contribution in [0.3, 0.4) is 0 Å². The van der Waals surface area contributed by atoms with Gasteiger partial charge >= 0.3 is 6.01 Å². The summed E-state index contributed by atoms with van der Waals surface area (Å²) >= 11 is 0. The van der Waals surface area contributed by atoms with Gasteiger partial charge in [0, 0.05) is 22.0 Å². The van der Waals surface area contributed by atoms with Gasteiger partial charge in [0.05, 0.1) is 27.8 Å². The molecule has 0 unspecified atom stereocenters. The first kappa shape index (κ1) is 15.8. The Labute approximate surface area is 172 Å². The summed E-state index contributed by atoms with van der Waals surface area (Å²) < 4.78 is 10.4. The van der Waals surface area contributed by atoms with Crippen molar-refractivity contribution in [1.82, 2.24) is 14.1 Å². The number of fused-ring (bicyclic) bond motifs is 8. The quantitative estimate of drug-likeness (QED) is 0.346. The molecule has 3 heterocycles. The Morgan fingerprint density at radius 2 is 1.33 bits per heavy atom. The van der Waals surface area contributed by atoms with Crippen molar-refractivity contribution in [2.45, 2.75) is 6.61 Å². The van der Waals surface area contributed by atoms with E-state index in [4.69, 9.17) is 4.74 Å². The fraction of sp³-hybridized carbons (Fsp3) is 0.0385. The fourth-order valence-corrected chi connectivity index (χ4v) is 4.70. The molecule has 0 N–H and O–H groups in total. The SMILES string of the molecule is c1ccc2c(c1)nc1n2-c2cc(-n3c4ccccc4c4ccccc43)ccc2CO1. The Morgan fingerprint density at radius 1 is 0.667 bits per heavy atom. The zero-order chi connectivity index (χ0) is 19.7. The van der Waals surface area contributed by atoms with Crippen LogP contribution in [-0.4, -0.2) is 14.1 Å². The van der Waals surface area contributed by atoms with E-state index in [0.29, 0.717) is 12.6 Å². The average Bonchev–Trinajstić information content (AvgIpc) is 3.35. The fourth-order valence-electron chi connectivity index (χ4n) is 4.70. The predicted octanol–water partition coefficient (Wildman–Crippen LogP) is 6.02. The minimum absolute atomic E-state index is 0.534. The molecule has 0 fully saturated rings. The Hall–Kier alpha value is -4.05. The molecule has 2 aromatic heterocycles. The number of rotatable bonds is 1. The molecule has 0 radical (unpaired) electrons. The van der Waals surface area contributed by atoms with Gasteiger partial charge in [-0.3, -0.25) is 4.57 Å². The summed E-state index contributed by atoms with van der Waals surface area (Å²) in [6, 6.07) is 32.6. The van der Waals surface area contributed by atoms with Gasteiger partial charge in [-0.15, -0.1) is 0 Å². The summed E-state index contributed by atoms with van der Waals surface area (Å²) in [5, 5.41) is 2.53. The van der Waals surface area contributed by atoms with Gasteiger partial charge in [-0.05, 0) is 36.4 Å². The lowest BCUT2D eigenvalue weighted by molar-refractivity contribution is 0.265. The maximum absolute atomic E-state index is 5.95. The predicted molar refractivity (Wildman–Crippen MR) is 120 cm³/mol. The molecule has 0 saturated carbocycles. The van der Waals surface area contributed by atoms with Gasteiger partial charge in [0.25, 0.3) is 0 Å². The third kappa shape index (κ3) is 2.02. The topological polar surface area (TPSA) is 32.0 Å². The van der Waals surface area contributed by atoms with E-state index >= 15 is 0 Å². The second-order valence-corrected chi connectivity index (χ2v) is 7.69. The van der Waals surface area contributed by atoms with Crippen molar-refractivity contribution < 1.29 is 4.74 Å². The summed E-state index contributed by atoms with van der Waals surface area (Å²) in [5.74, 6) is 0. The van der Waals surface area contributed by atoms with E-state index in [0.717, 1.165) is 28.0 Å². The van der Waals surface area contributed by atoms with Crippen LogP contribution in [-0.2, 0) is 6.61 Å². The summed E-state index contributed by atoms with van der Waals surface area (Å²) in [4.78, 5) is 4.68. The smallest absolute Gasteiger partial charge is 0.302 e. The van der Waals surface area contributed by atoms with Gasteiger partial charge in [0.15, 0.2) is 0 Å². The third-order valence-corrected chi connectivity index (χ3v) is 6.03. The van der Waals surface area contributed by atoms with E-state index in [-0.39, 0.29) is 0 Å². The summed E-state index contributed by atoms with van der Waals surface area (Å²) in [6.45, 7) is 0.534. The van der Waals surface area contributed by atoms with Gasteiger partial charge in [-0.25, -0.2) is 0 Å². The van der Waals surface area contributed by atoms with Crippen molar-refractivity contribution >= 4 is 32.8 Å². The van der Waals surface area contributed by atoms with Crippen LogP contribution in [0.25, 0.3) is 44.2 Å². The van der Waals surface area contributed by atoms with E-state index in [1.807, 2.05) is 18.2 Å². The average molecular weight is 387 g/mol. The molecular formula is C26H17N3O. The van der Waals surface area contributed by atoms with Crippen LogP contribution in [0.2, 0.25) is 0 Å². The van der Waals surface area contributed by atoms with Crippen molar-refractivity contribution in [1.29, 1.82) is 0 Å². The molecule has 1 aliphatic heterocycles. The number of hydrogen-bond acceptors (Lipinski definition) is 2. The largest absolute Gasteiger partial charge is 0.459 e. The van der Waals surface area contributed by atoms with Crippen molar-refractivity contribution in [2.24, 2.45) is 0 Å². The number of hydrogen-bond donors (Lipinski definition) is 0. The molecule has 142 valence electrons. The Kier molecular flexibility index (Phi) is 3.03. The highest BCUT2D eigenvalue weighted by atomic mass is 16.5. The standard InChI is InChI=1S/C26H17N3O/c1-4-10-22-19(7-1)20-8-2-5-11-23(20)28(22)18-14-13-17-16-30-26-27-21-9-3-6-12-24(21)29(26)25(17)15-18/h1-15H,16H2. The van der Waals surface area contributed by atoms with Gasteiger partial charge in [0.1, 0.15) is 6.61 Å². The van der Waals surface area contributed by atoms with Crippen LogP contribution < -0.4 is 4.74 Å². The summed E-state index contributed by atoms with van der Waals surface area (Å²) in [5.41, 5.74) is 7.86. The Balaban J connectivity index is 1.55. The van der Waals surface area contributed by atoms with Crippen LogP contribution in [0, 0.1) is 0 Å². The highest BCUT2D eigenvalue weighted by Crippen LogP contribution is 2.36. The minimum Gasteiger partial charge on any atom is -0.459 e. The first-order valence-electron chi connectivity index (χ1n) is 10.1. The lowest BCUT2D eigenvalue weighted by Crippen LogP contribution is -2.13. The molecule has 4 heteroatoms. The van der Waals surface area contributed by atoms with Crippen LogP contribution in [0.4, 0.5) is 0 Å². The second-order valence-electron chi connectivity index (χ2n) is 7.69. The van der Waals surface area contributed by atoms with Crippen molar-refractivity contribution in [3.8, 4) is 17.4 Å². The lowest BCUT2D eigenvalue weighted by atomic mass is 10.1. The maximum atomic E-state index is 5.95. The molecule has 0 spiro atoms. The van der Waals surface area contributed by atoms with Crippen LogP contribution in [0.1, 0.15) is 5.56 Å². The Bertz CT molecular complexity index is 1550. The van der Waals surface area contributed by atoms with Crippen molar-refractivity contribution in [2.75, 3.05) is 0 Å². The third-order valence-electron chi connectivity index (χ3n) is 6.03. The number of ether oxygens (including phenoxy) is 1. The van der Waals surface area contributed by atoms with Crippen LogP contribution >= 0.6 is 0 Å². The van der Waals surface area contributed by atoms with E-state index < -0.39 is 0 Å². The first-order valence-corrected chi connectivity index (χ1v) is 10.1. The van der Waals surface area contributed by atoms with Crippen LogP contribution in [0.15, 0.2) is 91.0 Å². The number of para-hydroxylation sites is 4. The molecule has 4 nitrogen and oxygen atoms in total. The zero-order valence-electron chi connectivity index (χ0n) is 16.1. The molecule has 4 aromatic carbocycles. The molecular weight excluding hydrogens is 370 g/mol. The summed E-state index contributed by atoms with van der Waals surface area (Å²) in [6.07, 6.45) is 0. The lowest BCUT2D eigenvalue weighted by Gasteiger charge is -2.21. The molecule has 0 aliphatic carbocycles. The van der Waals surface area contributed by atoms with Crippen LogP contribution in [0.5, 0.6) is 6.01 Å². The molecule has 0 amide bonds. The summed E-state index contributed by atoms with van der Waals surface area (Å²) in [7, 11) is 0. The van der Waals surface area contributed by atoms with E-state index in [2.05, 4.69) is 86.9 Å². The number of benzene rings is 4. The van der Waals surface area contributed by atoms with Crippen molar-refractivity contribution in [3.05, 3.63) is 96.6 Å². The van der Waals surface area contributed by atoms with E-state index in [1.165, 1.54) is 21.8 Å². The second kappa shape index (κ2) is 5.74. The molecule has 0 atom stereocenters. The number of nitrogens with zero attached hydrogens (tertiary/aromatic N) is 3. The van der Waals surface area contributed by atoms with Gasteiger partial charge < -0.3 is 9.30 Å². The molecule has 1 aliphatic rings. The van der Waals surface area contributed by atoms with Gasteiger partial charge in [-0.1, -0.05) is 54.6 Å². The monoisotopic (exact) mass is 387 g/mol. The zero-order valence-corrected chi connectivity index (χ0v) is 16.1. The molecule has 6 aromatic rings. The highest BCUT2D eigenvalue weighted by Gasteiger charge is 2.22. The van der Waals surface area contributed by atoms with Gasteiger partial charge in [0.2, 0.25) is 0 Å². The molecule has 30 heavy (non-hydrogen) atoms. The molecule has 0 bridgehead atoms. The van der Waals surface area contributed by atoms with E-state index in [9.17, 15) is 0 Å². The minimum atomic E-state index is 0.534. The highest BCUT2D eigenvalue weighted by molar-refractivity contribution is 6.09. The normalized spacial score (nSPS) is 12.8. The van der Waals surface area contributed by atoms with Gasteiger partial charge in [-0.2, -0.15) is 4.98 Å². The van der Waals surface area contributed by atoms with E-state index in [1.54, 1.807) is 0 Å².